The molecule has 4 nitrogen and oxygen atoms in total. The first-order valence-electron chi connectivity index (χ1n) is 6.23. The van der Waals surface area contributed by atoms with Gasteiger partial charge in [0.25, 0.3) is 0 Å². The van der Waals surface area contributed by atoms with E-state index >= 15 is 0 Å². The number of rotatable bonds is 2. The fourth-order valence-corrected chi connectivity index (χ4v) is 3.12. The van der Waals surface area contributed by atoms with Crippen LogP contribution in [0.15, 0.2) is 0 Å². The number of methoxy groups -OCH3 is 2. The Morgan fingerprint density at radius 1 is 1.00 bits per heavy atom. The summed E-state index contributed by atoms with van der Waals surface area (Å²) < 4.78 is 11.0. The number of hydrogen-bond donors (Lipinski definition) is 2. The first kappa shape index (κ1) is 12.3. The van der Waals surface area contributed by atoms with Gasteiger partial charge in [-0.1, -0.05) is 6.92 Å². The SMILES string of the molecule is COC1CC2CC(C)C(OC)NC2NC1C. The zero-order valence-electron chi connectivity index (χ0n) is 10.7. The third kappa shape index (κ3) is 2.25. The average Bonchev–Trinajstić information content (AvgIpc) is 2.28. The van der Waals surface area contributed by atoms with E-state index in [-0.39, 0.29) is 6.23 Å². The molecule has 6 atom stereocenters. The van der Waals surface area contributed by atoms with Crippen molar-refractivity contribution in [2.45, 2.75) is 51.2 Å². The molecule has 0 aromatic rings. The van der Waals surface area contributed by atoms with Crippen LogP contribution in [0.1, 0.15) is 26.7 Å². The predicted molar refractivity (Wildman–Crippen MR) is 63.0 cm³/mol. The van der Waals surface area contributed by atoms with Gasteiger partial charge in [0.15, 0.2) is 0 Å². The normalized spacial score (nSPS) is 48.8. The van der Waals surface area contributed by atoms with Crippen molar-refractivity contribution in [1.82, 2.24) is 10.6 Å². The Bertz CT molecular complexity index is 213. The Hall–Kier alpha value is -0.160. The highest BCUT2D eigenvalue weighted by molar-refractivity contribution is 4.94. The van der Waals surface area contributed by atoms with E-state index in [1.165, 1.54) is 6.42 Å². The standard InChI is InChI=1S/C12H24N2O2/c1-7-5-9-6-10(15-3)8(2)13-11(9)14-12(7)16-4/h7-14H,5-6H2,1-4H3. The lowest BCUT2D eigenvalue weighted by Crippen LogP contribution is -2.65. The van der Waals surface area contributed by atoms with Crippen molar-refractivity contribution in [1.29, 1.82) is 0 Å². The highest BCUT2D eigenvalue weighted by Crippen LogP contribution is 2.32. The second-order valence-electron chi connectivity index (χ2n) is 5.24. The molecule has 2 saturated heterocycles. The van der Waals surface area contributed by atoms with Crippen molar-refractivity contribution in [3.05, 3.63) is 0 Å². The monoisotopic (exact) mass is 228 g/mol. The van der Waals surface area contributed by atoms with Gasteiger partial charge in [-0.3, -0.25) is 10.6 Å². The van der Waals surface area contributed by atoms with Gasteiger partial charge in [-0.05, 0) is 31.6 Å². The van der Waals surface area contributed by atoms with E-state index in [4.69, 9.17) is 9.47 Å². The topological polar surface area (TPSA) is 42.5 Å². The molecule has 0 aromatic heterocycles. The third-order valence-electron chi connectivity index (χ3n) is 4.10. The smallest absolute Gasteiger partial charge is 0.111 e. The van der Waals surface area contributed by atoms with E-state index < -0.39 is 0 Å². The summed E-state index contributed by atoms with van der Waals surface area (Å²) in [7, 11) is 3.58. The van der Waals surface area contributed by atoms with Crippen LogP contribution in [0.5, 0.6) is 0 Å². The molecule has 2 heterocycles. The van der Waals surface area contributed by atoms with Crippen LogP contribution in [0.25, 0.3) is 0 Å². The average molecular weight is 228 g/mol. The highest BCUT2D eigenvalue weighted by Gasteiger charge is 2.40. The Morgan fingerprint density at radius 3 is 2.38 bits per heavy atom. The fourth-order valence-electron chi connectivity index (χ4n) is 3.12. The molecule has 0 spiro atoms. The van der Waals surface area contributed by atoms with E-state index in [1.54, 1.807) is 14.2 Å². The first-order valence-corrected chi connectivity index (χ1v) is 6.23. The van der Waals surface area contributed by atoms with E-state index in [0.29, 0.717) is 30.1 Å². The van der Waals surface area contributed by atoms with Gasteiger partial charge in [0.1, 0.15) is 6.23 Å². The largest absolute Gasteiger partial charge is 0.380 e. The van der Waals surface area contributed by atoms with Crippen LogP contribution in [0.3, 0.4) is 0 Å². The molecule has 2 aliphatic heterocycles. The van der Waals surface area contributed by atoms with Crippen LogP contribution >= 0.6 is 0 Å². The van der Waals surface area contributed by atoms with Crippen LogP contribution in [0.4, 0.5) is 0 Å². The lowest BCUT2D eigenvalue weighted by atomic mass is 9.80. The van der Waals surface area contributed by atoms with Crippen molar-refractivity contribution in [3.63, 3.8) is 0 Å². The number of piperidine rings is 2. The maximum absolute atomic E-state index is 5.52. The zero-order valence-corrected chi connectivity index (χ0v) is 10.7. The summed E-state index contributed by atoms with van der Waals surface area (Å²) in [5.41, 5.74) is 0. The van der Waals surface area contributed by atoms with E-state index in [2.05, 4.69) is 24.5 Å². The number of hydrogen-bond acceptors (Lipinski definition) is 4. The summed E-state index contributed by atoms with van der Waals surface area (Å²) in [6.45, 7) is 4.43. The molecule has 0 aliphatic carbocycles. The van der Waals surface area contributed by atoms with Crippen LogP contribution in [0, 0.1) is 11.8 Å². The highest BCUT2D eigenvalue weighted by atomic mass is 16.5. The maximum Gasteiger partial charge on any atom is 0.111 e. The summed E-state index contributed by atoms with van der Waals surface area (Å²) in [5, 5.41) is 7.13. The molecule has 0 saturated carbocycles. The molecule has 2 fully saturated rings. The first-order chi connectivity index (χ1) is 7.65. The quantitative estimate of drug-likeness (QED) is 0.738. The zero-order chi connectivity index (χ0) is 11.7. The third-order valence-corrected chi connectivity index (χ3v) is 4.10. The molecular formula is C12H24N2O2. The van der Waals surface area contributed by atoms with Gasteiger partial charge >= 0.3 is 0 Å². The van der Waals surface area contributed by atoms with Crippen molar-refractivity contribution in [2.24, 2.45) is 11.8 Å². The van der Waals surface area contributed by atoms with Gasteiger partial charge in [-0.2, -0.15) is 0 Å². The van der Waals surface area contributed by atoms with Crippen LogP contribution in [-0.4, -0.2) is 38.8 Å². The van der Waals surface area contributed by atoms with Crippen LogP contribution in [0.2, 0.25) is 0 Å². The van der Waals surface area contributed by atoms with Gasteiger partial charge in [0.2, 0.25) is 0 Å². The van der Waals surface area contributed by atoms with E-state index in [0.717, 1.165) is 6.42 Å². The molecule has 2 rings (SSSR count). The minimum Gasteiger partial charge on any atom is -0.380 e. The summed E-state index contributed by atoms with van der Waals surface area (Å²) in [4.78, 5) is 0. The Labute approximate surface area is 98.1 Å². The van der Waals surface area contributed by atoms with Gasteiger partial charge < -0.3 is 9.47 Å². The van der Waals surface area contributed by atoms with Gasteiger partial charge in [0, 0.05) is 20.3 Å². The minimum atomic E-state index is 0.181. The molecule has 2 aliphatic rings. The molecule has 6 unspecified atom stereocenters. The molecule has 0 bridgehead atoms. The van der Waals surface area contributed by atoms with E-state index in [1.807, 2.05) is 0 Å². The molecule has 2 N–H and O–H groups in total. The number of fused-ring (bicyclic) bond motifs is 1. The molecule has 0 radical (unpaired) electrons. The Kier molecular flexibility index (Phi) is 3.85. The van der Waals surface area contributed by atoms with Crippen molar-refractivity contribution < 1.29 is 9.47 Å². The van der Waals surface area contributed by atoms with Gasteiger partial charge in [-0.15, -0.1) is 0 Å². The van der Waals surface area contributed by atoms with Gasteiger partial charge in [-0.25, -0.2) is 0 Å². The molecular weight excluding hydrogens is 204 g/mol. The van der Waals surface area contributed by atoms with Crippen LogP contribution < -0.4 is 10.6 Å². The second kappa shape index (κ2) is 5.00. The van der Waals surface area contributed by atoms with E-state index in [9.17, 15) is 0 Å². The Balaban J connectivity index is 2.00. The lowest BCUT2D eigenvalue weighted by Gasteiger charge is -2.47. The van der Waals surface area contributed by atoms with Crippen molar-refractivity contribution in [3.8, 4) is 0 Å². The predicted octanol–water partition coefficient (Wildman–Crippen LogP) is 0.927. The molecule has 94 valence electrons. The molecule has 16 heavy (non-hydrogen) atoms. The lowest BCUT2D eigenvalue weighted by molar-refractivity contribution is -0.0678. The van der Waals surface area contributed by atoms with Crippen molar-refractivity contribution >= 4 is 0 Å². The van der Waals surface area contributed by atoms with Gasteiger partial charge in [0.05, 0.1) is 12.3 Å². The summed E-state index contributed by atoms with van der Waals surface area (Å²) in [6.07, 6.45) is 3.25. The number of ether oxygens (including phenoxy) is 2. The molecule has 0 aromatic carbocycles. The second-order valence-corrected chi connectivity index (χ2v) is 5.24. The minimum absolute atomic E-state index is 0.181. The summed E-state index contributed by atoms with van der Waals surface area (Å²) in [5.74, 6) is 1.22. The number of nitrogens with one attached hydrogen (secondary N) is 2. The molecule has 0 amide bonds. The molecule has 4 heteroatoms. The van der Waals surface area contributed by atoms with Crippen LogP contribution in [-0.2, 0) is 9.47 Å². The summed E-state index contributed by atoms with van der Waals surface area (Å²) >= 11 is 0. The Morgan fingerprint density at radius 2 is 1.75 bits per heavy atom. The fraction of sp³-hybridized carbons (Fsp3) is 1.00. The summed E-state index contributed by atoms with van der Waals surface area (Å²) in [6, 6.07) is 0.407. The van der Waals surface area contributed by atoms with Crippen molar-refractivity contribution in [2.75, 3.05) is 14.2 Å². The maximum atomic E-state index is 5.52.